The monoisotopic (exact) mass is 367 g/mol. The number of rotatable bonds is 4. The number of likely N-dealkylation sites (tertiary alicyclic amines) is 1. The number of benzene rings is 1. The summed E-state index contributed by atoms with van der Waals surface area (Å²) < 4.78 is 0.909. The summed E-state index contributed by atoms with van der Waals surface area (Å²) in [6.07, 6.45) is 0.926. The molecule has 1 saturated heterocycles. The van der Waals surface area contributed by atoms with Crippen molar-refractivity contribution in [3.8, 4) is 0 Å². The molecule has 1 aliphatic heterocycles. The molecule has 0 aliphatic carbocycles. The highest BCUT2D eigenvalue weighted by Gasteiger charge is 2.34. The summed E-state index contributed by atoms with van der Waals surface area (Å²) in [5, 5.41) is 2.77. The van der Waals surface area contributed by atoms with Crippen molar-refractivity contribution in [2.45, 2.75) is 32.4 Å². The van der Waals surface area contributed by atoms with E-state index in [1.807, 2.05) is 11.8 Å². The van der Waals surface area contributed by atoms with E-state index in [0.717, 1.165) is 10.9 Å². The molecule has 3 N–H and O–H groups in total. The Kier molecular flexibility index (Phi) is 5.58. The van der Waals surface area contributed by atoms with Crippen LogP contribution in [0.15, 0.2) is 28.7 Å². The Morgan fingerprint density at radius 2 is 2.05 bits per heavy atom. The van der Waals surface area contributed by atoms with Gasteiger partial charge in [0.2, 0.25) is 5.91 Å². The second kappa shape index (κ2) is 7.24. The van der Waals surface area contributed by atoms with Crippen LogP contribution in [0, 0.1) is 5.92 Å². The van der Waals surface area contributed by atoms with Gasteiger partial charge < -0.3 is 16.0 Å². The van der Waals surface area contributed by atoms with Gasteiger partial charge in [-0.25, -0.2) is 0 Å². The molecule has 1 heterocycles. The maximum atomic E-state index is 12.5. The number of nitrogens with zero attached hydrogens (tertiary/aromatic N) is 1. The first-order chi connectivity index (χ1) is 10.4. The van der Waals surface area contributed by atoms with Crippen LogP contribution in [0.25, 0.3) is 0 Å². The Bertz CT molecular complexity index is 547. The van der Waals surface area contributed by atoms with Gasteiger partial charge in [0.25, 0.3) is 5.91 Å². The SMILES string of the molecule is CC(NC(=O)c1ccc(Br)cc1)C(=O)N1CC(CN)CC1C. The van der Waals surface area contributed by atoms with Crippen molar-refractivity contribution in [1.82, 2.24) is 10.2 Å². The van der Waals surface area contributed by atoms with Gasteiger partial charge >= 0.3 is 0 Å². The van der Waals surface area contributed by atoms with E-state index in [9.17, 15) is 9.59 Å². The van der Waals surface area contributed by atoms with Gasteiger partial charge in [-0.2, -0.15) is 0 Å². The molecule has 2 amide bonds. The summed E-state index contributed by atoms with van der Waals surface area (Å²) in [6.45, 7) is 5.02. The number of amides is 2. The maximum Gasteiger partial charge on any atom is 0.251 e. The third kappa shape index (κ3) is 3.87. The first kappa shape index (κ1) is 17.0. The first-order valence-corrected chi connectivity index (χ1v) is 8.28. The molecule has 3 atom stereocenters. The topological polar surface area (TPSA) is 75.4 Å². The van der Waals surface area contributed by atoms with Crippen molar-refractivity contribution < 1.29 is 9.59 Å². The lowest BCUT2D eigenvalue weighted by molar-refractivity contribution is -0.133. The highest BCUT2D eigenvalue weighted by molar-refractivity contribution is 9.10. The van der Waals surface area contributed by atoms with Crippen molar-refractivity contribution in [3.63, 3.8) is 0 Å². The number of nitrogens with one attached hydrogen (secondary N) is 1. The lowest BCUT2D eigenvalue weighted by Gasteiger charge is -2.25. The molecule has 0 bridgehead atoms. The molecule has 2 rings (SSSR count). The van der Waals surface area contributed by atoms with Crippen LogP contribution in [0.2, 0.25) is 0 Å². The van der Waals surface area contributed by atoms with Gasteiger partial charge in [0.05, 0.1) is 0 Å². The number of carbonyl (C=O) groups excluding carboxylic acids is 2. The van der Waals surface area contributed by atoms with E-state index >= 15 is 0 Å². The fourth-order valence-electron chi connectivity index (χ4n) is 2.81. The zero-order chi connectivity index (χ0) is 16.3. The molecular weight excluding hydrogens is 346 g/mol. The molecule has 22 heavy (non-hydrogen) atoms. The molecule has 3 unspecified atom stereocenters. The average molecular weight is 368 g/mol. The van der Waals surface area contributed by atoms with Gasteiger partial charge in [-0.05, 0) is 57.0 Å². The van der Waals surface area contributed by atoms with E-state index in [-0.39, 0.29) is 17.9 Å². The fourth-order valence-corrected chi connectivity index (χ4v) is 3.08. The Balaban J connectivity index is 1.96. The molecule has 0 aromatic heterocycles. The van der Waals surface area contributed by atoms with Crippen molar-refractivity contribution in [2.75, 3.05) is 13.1 Å². The predicted octanol–water partition coefficient (Wildman–Crippen LogP) is 1.76. The van der Waals surface area contributed by atoms with E-state index in [1.165, 1.54) is 0 Å². The largest absolute Gasteiger partial charge is 0.341 e. The van der Waals surface area contributed by atoms with Crippen LogP contribution in [0.4, 0.5) is 0 Å². The third-order valence-corrected chi connectivity index (χ3v) is 4.63. The molecule has 0 radical (unpaired) electrons. The zero-order valence-electron chi connectivity index (χ0n) is 12.9. The zero-order valence-corrected chi connectivity index (χ0v) is 14.5. The van der Waals surface area contributed by atoms with Gasteiger partial charge in [-0.3, -0.25) is 9.59 Å². The molecule has 1 fully saturated rings. The quantitative estimate of drug-likeness (QED) is 0.851. The summed E-state index contributed by atoms with van der Waals surface area (Å²) in [5.41, 5.74) is 6.23. The van der Waals surface area contributed by atoms with Crippen LogP contribution >= 0.6 is 15.9 Å². The van der Waals surface area contributed by atoms with Crippen LogP contribution in [-0.2, 0) is 4.79 Å². The second-order valence-corrected chi connectivity index (χ2v) is 6.79. The third-order valence-electron chi connectivity index (χ3n) is 4.10. The van der Waals surface area contributed by atoms with Gasteiger partial charge in [0, 0.05) is 22.6 Å². The molecule has 6 heteroatoms. The second-order valence-electron chi connectivity index (χ2n) is 5.88. The minimum atomic E-state index is -0.546. The Morgan fingerprint density at radius 1 is 1.41 bits per heavy atom. The normalized spacial score (nSPS) is 22.5. The summed E-state index contributed by atoms with van der Waals surface area (Å²) in [4.78, 5) is 26.5. The van der Waals surface area contributed by atoms with Crippen LogP contribution < -0.4 is 11.1 Å². The van der Waals surface area contributed by atoms with Crippen LogP contribution in [0.1, 0.15) is 30.6 Å². The number of halogens is 1. The van der Waals surface area contributed by atoms with E-state index in [2.05, 4.69) is 21.2 Å². The molecule has 5 nitrogen and oxygen atoms in total. The Labute approximate surface area is 139 Å². The summed E-state index contributed by atoms with van der Waals surface area (Å²) in [5.74, 6) is 0.0674. The molecule has 120 valence electrons. The minimum absolute atomic E-state index is 0.0473. The van der Waals surface area contributed by atoms with Crippen LogP contribution in [0.3, 0.4) is 0 Å². The Morgan fingerprint density at radius 3 is 2.59 bits per heavy atom. The highest BCUT2D eigenvalue weighted by atomic mass is 79.9. The fraction of sp³-hybridized carbons (Fsp3) is 0.500. The standard InChI is InChI=1S/C16H22BrN3O2/c1-10-7-12(8-18)9-20(10)16(22)11(2)19-15(21)13-3-5-14(17)6-4-13/h3-6,10-12H,7-9,18H2,1-2H3,(H,19,21). The first-order valence-electron chi connectivity index (χ1n) is 7.49. The number of carbonyl (C=O) groups is 2. The van der Waals surface area contributed by atoms with E-state index < -0.39 is 6.04 Å². The number of hydrogen-bond acceptors (Lipinski definition) is 3. The molecule has 0 saturated carbocycles. The molecule has 1 aromatic rings. The lowest BCUT2D eigenvalue weighted by atomic mass is 10.1. The molecule has 0 spiro atoms. The summed E-state index contributed by atoms with van der Waals surface area (Å²) in [7, 11) is 0. The lowest BCUT2D eigenvalue weighted by Crippen LogP contribution is -2.48. The van der Waals surface area contributed by atoms with Gasteiger partial charge in [-0.1, -0.05) is 15.9 Å². The van der Waals surface area contributed by atoms with Crippen molar-refractivity contribution in [3.05, 3.63) is 34.3 Å². The van der Waals surface area contributed by atoms with Crippen LogP contribution in [0.5, 0.6) is 0 Å². The highest BCUT2D eigenvalue weighted by Crippen LogP contribution is 2.22. The van der Waals surface area contributed by atoms with Crippen LogP contribution in [-0.4, -0.2) is 41.9 Å². The number of nitrogens with two attached hydrogens (primary N) is 1. The van der Waals surface area contributed by atoms with E-state index in [4.69, 9.17) is 5.73 Å². The molecule has 1 aromatic carbocycles. The van der Waals surface area contributed by atoms with Gasteiger partial charge in [-0.15, -0.1) is 0 Å². The maximum absolute atomic E-state index is 12.5. The Hall–Kier alpha value is -1.40. The summed E-state index contributed by atoms with van der Waals surface area (Å²) >= 11 is 3.33. The van der Waals surface area contributed by atoms with Gasteiger partial charge in [0.1, 0.15) is 6.04 Å². The smallest absolute Gasteiger partial charge is 0.251 e. The summed E-state index contributed by atoms with van der Waals surface area (Å²) in [6, 6.07) is 6.67. The molecular formula is C16H22BrN3O2. The minimum Gasteiger partial charge on any atom is -0.341 e. The average Bonchev–Trinajstić information content (AvgIpc) is 2.88. The molecule has 1 aliphatic rings. The van der Waals surface area contributed by atoms with Crippen molar-refractivity contribution in [1.29, 1.82) is 0 Å². The van der Waals surface area contributed by atoms with E-state index in [1.54, 1.807) is 31.2 Å². The predicted molar refractivity (Wildman–Crippen MR) is 89.4 cm³/mol. The van der Waals surface area contributed by atoms with E-state index in [0.29, 0.717) is 24.6 Å². The van der Waals surface area contributed by atoms with Crippen molar-refractivity contribution >= 4 is 27.7 Å². The number of hydrogen-bond donors (Lipinski definition) is 2. The van der Waals surface area contributed by atoms with Gasteiger partial charge in [0.15, 0.2) is 0 Å². The van der Waals surface area contributed by atoms with Crippen molar-refractivity contribution in [2.24, 2.45) is 11.7 Å².